The average Bonchev–Trinajstić information content (AvgIpc) is 2.63. The summed E-state index contributed by atoms with van der Waals surface area (Å²) in [6, 6.07) is 13.3. The van der Waals surface area contributed by atoms with Gasteiger partial charge in [-0.15, -0.1) is 0 Å². The second kappa shape index (κ2) is 7.82. The van der Waals surface area contributed by atoms with E-state index in [1.807, 2.05) is 57.2 Å². The van der Waals surface area contributed by atoms with Gasteiger partial charge in [0.15, 0.2) is 12.4 Å². The highest BCUT2D eigenvalue weighted by molar-refractivity contribution is 5.91. The number of nitrogens with two attached hydrogens (primary N) is 1. The summed E-state index contributed by atoms with van der Waals surface area (Å²) >= 11 is 0. The van der Waals surface area contributed by atoms with Gasteiger partial charge in [0.25, 0.3) is 0 Å². The molecule has 3 N–H and O–H groups in total. The Morgan fingerprint density at radius 3 is 2.52 bits per heavy atom. The molecule has 7 heteroatoms. The molecule has 3 rings (SSSR count). The van der Waals surface area contributed by atoms with Crippen molar-refractivity contribution >= 4 is 23.6 Å². The van der Waals surface area contributed by atoms with Gasteiger partial charge in [0.05, 0.1) is 5.56 Å². The Kier molecular flexibility index (Phi) is 5.30. The zero-order valence-corrected chi connectivity index (χ0v) is 15.5. The highest BCUT2D eigenvalue weighted by Gasteiger charge is 2.13. The number of hydrogen-bond donors (Lipinski definition) is 2. The number of hydrogen-bond acceptors (Lipinski definition) is 7. The van der Waals surface area contributed by atoms with Gasteiger partial charge in [-0.05, 0) is 50.1 Å². The van der Waals surface area contributed by atoms with Gasteiger partial charge in [-0.3, -0.25) is 0 Å². The zero-order chi connectivity index (χ0) is 19.4. The van der Waals surface area contributed by atoms with Crippen LogP contribution in [0.25, 0.3) is 0 Å². The van der Waals surface area contributed by atoms with Crippen LogP contribution in [0.15, 0.2) is 42.5 Å². The van der Waals surface area contributed by atoms with Gasteiger partial charge in [-0.1, -0.05) is 29.8 Å². The maximum Gasteiger partial charge on any atom is 0.338 e. The van der Waals surface area contributed by atoms with Gasteiger partial charge < -0.3 is 15.8 Å². The van der Waals surface area contributed by atoms with Crippen molar-refractivity contribution in [2.24, 2.45) is 0 Å². The summed E-state index contributed by atoms with van der Waals surface area (Å²) in [7, 11) is 0. The lowest BCUT2D eigenvalue weighted by Gasteiger charge is -2.10. The fraction of sp³-hybridized carbons (Fsp3) is 0.200. The number of aryl methyl sites for hydroxylation is 2. The Bertz CT molecular complexity index is 971. The van der Waals surface area contributed by atoms with Gasteiger partial charge in [0.2, 0.25) is 11.9 Å². The molecule has 7 nitrogen and oxygen atoms in total. The quantitative estimate of drug-likeness (QED) is 0.669. The number of anilines is 3. The number of carbonyl (C=O) groups is 1. The molecule has 1 aromatic heterocycles. The van der Waals surface area contributed by atoms with Crippen molar-refractivity contribution < 1.29 is 9.53 Å². The van der Waals surface area contributed by atoms with Crippen LogP contribution in [-0.2, 0) is 11.3 Å². The van der Waals surface area contributed by atoms with Crippen molar-refractivity contribution in [2.75, 3.05) is 11.1 Å². The summed E-state index contributed by atoms with van der Waals surface area (Å²) in [4.78, 5) is 24.7. The number of rotatable bonds is 5. The molecular formula is C20H21N5O2. The van der Waals surface area contributed by atoms with Crippen LogP contribution >= 0.6 is 0 Å². The predicted octanol–water partition coefficient (Wildman–Crippen LogP) is 3.48. The Labute approximate surface area is 157 Å². The summed E-state index contributed by atoms with van der Waals surface area (Å²) in [6.07, 6.45) is 0. The molecule has 0 bridgehead atoms. The maximum absolute atomic E-state index is 12.3. The van der Waals surface area contributed by atoms with Crippen molar-refractivity contribution in [3.8, 4) is 0 Å². The Morgan fingerprint density at radius 2 is 1.78 bits per heavy atom. The summed E-state index contributed by atoms with van der Waals surface area (Å²) in [6.45, 7) is 5.74. The van der Waals surface area contributed by atoms with E-state index in [4.69, 9.17) is 10.5 Å². The Hall–Kier alpha value is -3.48. The second-order valence-corrected chi connectivity index (χ2v) is 6.25. The van der Waals surface area contributed by atoms with E-state index in [1.165, 1.54) is 0 Å². The van der Waals surface area contributed by atoms with Crippen molar-refractivity contribution in [2.45, 2.75) is 27.4 Å². The highest BCUT2D eigenvalue weighted by atomic mass is 16.5. The van der Waals surface area contributed by atoms with Gasteiger partial charge in [-0.2, -0.15) is 15.0 Å². The fourth-order valence-electron chi connectivity index (χ4n) is 2.50. The van der Waals surface area contributed by atoms with Crippen LogP contribution in [0, 0.1) is 20.8 Å². The lowest BCUT2D eigenvalue weighted by atomic mass is 10.0. The minimum Gasteiger partial charge on any atom is -0.454 e. The molecule has 138 valence electrons. The van der Waals surface area contributed by atoms with E-state index in [2.05, 4.69) is 20.3 Å². The fourth-order valence-corrected chi connectivity index (χ4v) is 2.50. The number of carbonyl (C=O) groups excluding carboxylic acids is 1. The third-order valence-electron chi connectivity index (χ3n) is 4.16. The van der Waals surface area contributed by atoms with E-state index < -0.39 is 5.97 Å². The van der Waals surface area contributed by atoms with E-state index in [0.717, 1.165) is 22.4 Å². The first-order chi connectivity index (χ1) is 12.9. The zero-order valence-electron chi connectivity index (χ0n) is 15.5. The SMILES string of the molecule is Cc1ccc(Nc2nc(N)nc(COC(=O)c3cccc(C)c3C)n2)cc1. The van der Waals surface area contributed by atoms with E-state index in [1.54, 1.807) is 6.07 Å². The normalized spacial score (nSPS) is 10.5. The molecule has 0 atom stereocenters. The largest absolute Gasteiger partial charge is 0.454 e. The van der Waals surface area contributed by atoms with Gasteiger partial charge in [-0.25, -0.2) is 4.79 Å². The average molecular weight is 363 g/mol. The third-order valence-corrected chi connectivity index (χ3v) is 4.16. The first-order valence-electron chi connectivity index (χ1n) is 8.50. The first-order valence-corrected chi connectivity index (χ1v) is 8.50. The van der Waals surface area contributed by atoms with Crippen molar-refractivity contribution in [3.63, 3.8) is 0 Å². The molecule has 0 saturated heterocycles. The Morgan fingerprint density at radius 1 is 1.04 bits per heavy atom. The van der Waals surface area contributed by atoms with Crippen LogP contribution in [0.4, 0.5) is 17.6 Å². The van der Waals surface area contributed by atoms with Crippen molar-refractivity contribution in [1.29, 1.82) is 0 Å². The number of esters is 1. The number of aromatic nitrogens is 3. The molecule has 0 spiro atoms. The van der Waals surface area contributed by atoms with Gasteiger partial charge >= 0.3 is 5.97 Å². The van der Waals surface area contributed by atoms with Crippen LogP contribution in [0.1, 0.15) is 32.9 Å². The molecule has 27 heavy (non-hydrogen) atoms. The highest BCUT2D eigenvalue weighted by Crippen LogP contribution is 2.16. The van der Waals surface area contributed by atoms with Gasteiger partial charge in [0.1, 0.15) is 0 Å². The topological polar surface area (TPSA) is 103 Å². The van der Waals surface area contributed by atoms with Crippen molar-refractivity contribution in [3.05, 3.63) is 70.5 Å². The first kappa shape index (κ1) is 18.3. The molecule has 1 heterocycles. The molecule has 2 aromatic carbocycles. The lowest BCUT2D eigenvalue weighted by molar-refractivity contribution is 0.0461. The molecule has 0 aliphatic carbocycles. The molecule has 0 fully saturated rings. The smallest absolute Gasteiger partial charge is 0.338 e. The number of nitrogens with one attached hydrogen (secondary N) is 1. The van der Waals surface area contributed by atoms with Crippen LogP contribution in [0.3, 0.4) is 0 Å². The van der Waals surface area contributed by atoms with Crippen LogP contribution in [-0.4, -0.2) is 20.9 Å². The van der Waals surface area contributed by atoms with E-state index in [-0.39, 0.29) is 18.4 Å². The van der Waals surface area contributed by atoms with E-state index in [9.17, 15) is 4.79 Å². The van der Waals surface area contributed by atoms with Crippen LogP contribution < -0.4 is 11.1 Å². The number of nitrogen functional groups attached to an aromatic ring is 1. The lowest BCUT2D eigenvalue weighted by Crippen LogP contribution is -2.12. The summed E-state index contributed by atoms with van der Waals surface area (Å²) < 4.78 is 5.35. The summed E-state index contributed by atoms with van der Waals surface area (Å²) in [5, 5.41) is 3.07. The predicted molar refractivity (Wildman–Crippen MR) is 104 cm³/mol. The minimum absolute atomic E-state index is 0.0531. The molecule has 0 radical (unpaired) electrons. The molecule has 0 saturated carbocycles. The van der Waals surface area contributed by atoms with Crippen LogP contribution in [0.2, 0.25) is 0 Å². The molecule has 0 aliphatic rings. The molecule has 0 aliphatic heterocycles. The molecule has 0 amide bonds. The van der Waals surface area contributed by atoms with Crippen molar-refractivity contribution in [1.82, 2.24) is 15.0 Å². The summed E-state index contributed by atoms with van der Waals surface area (Å²) in [5.74, 6) is 0.195. The van der Waals surface area contributed by atoms with E-state index in [0.29, 0.717) is 11.5 Å². The standard InChI is InChI=1S/C20H21N5O2/c1-12-7-9-15(10-8-12)22-20-24-17(23-19(21)25-20)11-27-18(26)16-6-4-5-13(2)14(16)3/h4-10H,11H2,1-3H3,(H3,21,22,23,24,25). The number of benzene rings is 2. The van der Waals surface area contributed by atoms with Gasteiger partial charge in [0, 0.05) is 5.69 Å². The second-order valence-electron chi connectivity index (χ2n) is 6.25. The minimum atomic E-state index is -0.428. The molecular weight excluding hydrogens is 342 g/mol. The maximum atomic E-state index is 12.3. The monoisotopic (exact) mass is 363 g/mol. The number of nitrogens with zero attached hydrogens (tertiary/aromatic N) is 3. The third kappa shape index (κ3) is 4.58. The summed E-state index contributed by atoms with van der Waals surface area (Å²) in [5.41, 5.74) is 10.2. The number of ether oxygens (including phenoxy) is 1. The van der Waals surface area contributed by atoms with E-state index >= 15 is 0 Å². The van der Waals surface area contributed by atoms with Crippen LogP contribution in [0.5, 0.6) is 0 Å². The molecule has 0 unspecified atom stereocenters. The molecule has 3 aromatic rings. The Balaban J connectivity index is 1.71.